The molecule has 0 radical (unpaired) electrons. The van der Waals surface area contributed by atoms with Gasteiger partial charge in [0.2, 0.25) is 0 Å². The number of rotatable bonds is 9. The predicted molar refractivity (Wildman–Crippen MR) is 98.4 cm³/mol. The van der Waals surface area contributed by atoms with Gasteiger partial charge in [-0.15, -0.1) is 0 Å². The summed E-state index contributed by atoms with van der Waals surface area (Å²) in [5.41, 5.74) is 9.22. The van der Waals surface area contributed by atoms with E-state index in [2.05, 4.69) is 38.6 Å². The minimum absolute atomic E-state index is 0.234. The van der Waals surface area contributed by atoms with Gasteiger partial charge in [0.15, 0.2) is 0 Å². The van der Waals surface area contributed by atoms with E-state index >= 15 is 0 Å². The number of nitrogens with one attached hydrogen (secondary N) is 3. The van der Waals surface area contributed by atoms with Crippen LogP contribution in [0.1, 0.15) is 17.0 Å². The third-order valence-electron chi connectivity index (χ3n) is 4.53. The number of hydrogen-bond acceptors (Lipinski definition) is 6. The van der Waals surface area contributed by atoms with Crippen molar-refractivity contribution >= 4 is 5.82 Å². The predicted octanol–water partition coefficient (Wildman–Crippen LogP) is 0.675. The van der Waals surface area contributed by atoms with Gasteiger partial charge >= 0.3 is 0 Å². The molecular weight excluding hydrogens is 316 g/mol. The molecule has 3 rings (SSSR count). The summed E-state index contributed by atoms with van der Waals surface area (Å²) in [4.78, 5) is 11.6. The monoisotopic (exact) mass is 344 g/mol. The number of nitrogen functional groups attached to an aromatic ring is 1. The van der Waals surface area contributed by atoms with Crippen molar-refractivity contribution in [1.82, 2.24) is 25.6 Å². The topological polar surface area (TPSA) is 101 Å². The molecule has 0 amide bonds. The molecule has 25 heavy (non-hydrogen) atoms. The maximum Gasteiger partial charge on any atom is 0.123 e. The highest BCUT2D eigenvalue weighted by Crippen LogP contribution is 2.19. The Balaban J connectivity index is 1.36. The number of aromatic amines is 1. The summed E-state index contributed by atoms with van der Waals surface area (Å²) in [6.45, 7) is 6.41. The van der Waals surface area contributed by atoms with Crippen LogP contribution in [-0.2, 0) is 17.6 Å². The molecule has 0 bridgehead atoms. The van der Waals surface area contributed by atoms with Gasteiger partial charge in [0.25, 0.3) is 0 Å². The Labute approximate surface area is 148 Å². The molecule has 2 aromatic heterocycles. The highest BCUT2D eigenvalue weighted by atomic mass is 16.5. The lowest BCUT2D eigenvalue weighted by molar-refractivity contribution is 0.0397. The summed E-state index contributed by atoms with van der Waals surface area (Å²) in [5, 5.41) is 6.83. The number of aromatic nitrogens is 3. The van der Waals surface area contributed by atoms with Crippen LogP contribution >= 0.6 is 0 Å². The summed E-state index contributed by atoms with van der Waals surface area (Å²) < 4.78 is 6.08. The third-order valence-corrected chi connectivity index (χ3v) is 4.53. The van der Waals surface area contributed by atoms with Crippen LogP contribution in [0.2, 0.25) is 0 Å². The van der Waals surface area contributed by atoms with Gasteiger partial charge in [-0.05, 0) is 31.0 Å². The van der Waals surface area contributed by atoms with Crippen molar-refractivity contribution in [3.05, 3.63) is 41.6 Å². The van der Waals surface area contributed by atoms with Crippen molar-refractivity contribution in [3.63, 3.8) is 0 Å². The SMILES string of the molecule is Cc1cc(N)nc(C[C@H]2CNC[C@H]2OCCNCCc2cnc[nH]2)c1. The molecule has 0 unspecified atom stereocenters. The number of nitrogens with two attached hydrogens (primary N) is 1. The van der Waals surface area contributed by atoms with Gasteiger partial charge in [-0.1, -0.05) is 0 Å². The largest absolute Gasteiger partial charge is 0.384 e. The van der Waals surface area contributed by atoms with Crippen molar-refractivity contribution in [1.29, 1.82) is 0 Å². The molecule has 1 saturated heterocycles. The highest BCUT2D eigenvalue weighted by molar-refractivity contribution is 5.34. The smallest absolute Gasteiger partial charge is 0.123 e. The van der Waals surface area contributed by atoms with Crippen LogP contribution in [0.5, 0.6) is 0 Å². The molecule has 0 spiro atoms. The second-order valence-electron chi connectivity index (χ2n) is 6.67. The quantitative estimate of drug-likeness (QED) is 0.499. The Hall–Kier alpha value is -1.96. The molecule has 1 aliphatic rings. The minimum Gasteiger partial charge on any atom is -0.384 e. The molecule has 2 aromatic rings. The molecule has 2 atom stereocenters. The van der Waals surface area contributed by atoms with Crippen LogP contribution < -0.4 is 16.4 Å². The van der Waals surface area contributed by atoms with Gasteiger partial charge in [-0.3, -0.25) is 0 Å². The van der Waals surface area contributed by atoms with Crippen LogP contribution in [0.3, 0.4) is 0 Å². The average Bonchev–Trinajstić information content (AvgIpc) is 3.22. The van der Waals surface area contributed by atoms with E-state index < -0.39 is 0 Å². The van der Waals surface area contributed by atoms with E-state index in [0.29, 0.717) is 11.7 Å². The fourth-order valence-corrected chi connectivity index (χ4v) is 3.30. The number of nitrogens with zero attached hydrogens (tertiary/aromatic N) is 2. The molecule has 0 aliphatic carbocycles. The normalized spacial score (nSPS) is 20.2. The van der Waals surface area contributed by atoms with E-state index in [1.54, 1.807) is 6.33 Å². The fourth-order valence-electron chi connectivity index (χ4n) is 3.30. The van der Waals surface area contributed by atoms with Crippen molar-refractivity contribution in [2.24, 2.45) is 5.92 Å². The summed E-state index contributed by atoms with van der Waals surface area (Å²) in [5.74, 6) is 1.04. The van der Waals surface area contributed by atoms with Crippen molar-refractivity contribution < 1.29 is 4.74 Å². The van der Waals surface area contributed by atoms with Crippen LogP contribution in [-0.4, -0.2) is 53.8 Å². The number of imidazole rings is 1. The average molecular weight is 344 g/mol. The second kappa shape index (κ2) is 8.94. The molecule has 7 nitrogen and oxygen atoms in total. The zero-order valence-corrected chi connectivity index (χ0v) is 14.8. The van der Waals surface area contributed by atoms with Crippen LogP contribution in [0.25, 0.3) is 0 Å². The lowest BCUT2D eigenvalue weighted by Gasteiger charge is -2.19. The van der Waals surface area contributed by atoms with E-state index in [1.165, 1.54) is 0 Å². The van der Waals surface area contributed by atoms with Crippen molar-refractivity contribution in [2.75, 3.05) is 38.5 Å². The Morgan fingerprint density at radius 3 is 3.04 bits per heavy atom. The number of pyridine rings is 1. The standard InChI is InChI=1S/C18H28N6O/c1-13-6-16(24-18(19)7-13)8-14-9-21-11-17(14)25-5-4-20-3-2-15-10-22-12-23-15/h6-7,10,12,14,17,20-21H,2-5,8-9,11H2,1H3,(H2,19,24)(H,22,23)/t14-,17+/m0/s1. The molecule has 1 aliphatic heterocycles. The number of aryl methyl sites for hydroxylation is 1. The highest BCUT2D eigenvalue weighted by Gasteiger charge is 2.28. The Kier molecular flexibility index (Phi) is 6.38. The van der Waals surface area contributed by atoms with Gasteiger partial charge in [0, 0.05) is 56.1 Å². The van der Waals surface area contributed by atoms with E-state index in [0.717, 1.165) is 62.6 Å². The molecule has 0 aromatic carbocycles. The maximum absolute atomic E-state index is 6.08. The molecule has 0 saturated carbocycles. The Bertz CT molecular complexity index is 625. The Morgan fingerprint density at radius 1 is 1.32 bits per heavy atom. The Morgan fingerprint density at radius 2 is 2.24 bits per heavy atom. The maximum atomic E-state index is 6.08. The van der Waals surface area contributed by atoms with Crippen LogP contribution in [0.15, 0.2) is 24.7 Å². The molecule has 3 heterocycles. The van der Waals surface area contributed by atoms with E-state index in [4.69, 9.17) is 10.5 Å². The lowest BCUT2D eigenvalue weighted by atomic mass is 9.99. The zero-order valence-electron chi connectivity index (χ0n) is 14.8. The molecule has 5 N–H and O–H groups in total. The second-order valence-corrected chi connectivity index (χ2v) is 6.67. The fraction of sp³-hybridized carbons (Fsp3) is 0.556. The van der Waals surface area contributed by atoms with Crippen molar-refractivity contribution in [3.8, 4) is 0 Å². The first-order chi connectivity index (χ1) is 12.2. The van der Waals surface area contributed by atoms with Gasteiger partial charge in [-0.25, -0.2) is 9.97 Å². The third kappa shape index (κ3) is 5.52. The number of hydrogen-bond donors (Lipinski definition) is 4. The first-order valence-corrected chi connectivity index (χ1v) is 8.94. The molecule has 136 valence electrons. The first kappa shape index (κ1) is 17.8. The minimum atomic E-state index is 0.234. The van der Waals surface area contributed by atoms with Gasteiger partial charge in [-0.2, -0.15) is 0 Å². The number of H-pyrrole nitrogens is 1. The van der Waals surface area contributed by atoms with Crippen LogP contribution in [0.4, 0.5) is 5.82 Å². The summed E-state index contributed by atoms with van der Waals surface area (Å²) in [7, 11) is 0. The summed E-state index contributed by atoms with van der Waals surface area (Å²) >= 11 is 0. The molecular formula is C18H28N6O. The van der Waals surface area contributed by atoms with Gasteiger partial charge in [0.05, 0.1) is 19.0 Å². The molecule has 1 fully saturated rings. The zero-order chi connectivity index (χ0) is 17.5. The van der Waals surface area contributed by atoms with E-state index in [9.17, 15) is 0 Å². The van der Waals surface area contributed by atoms with E-state index in [1.807, 2.05) is 12.3 Å². The van der Waals surface area contributed by atoms with Gasteiger partial charge < -0.3 is 26.1 Å². The summed E-state index contributed by atoms with van der Waals surface area (Å²) in [6.07, 6.45) is 5.66. The van der Waals surface area contributed by atoms with Gasteiger partial charge in [0.1, 0.15) is 5.82 Å². The summed E-state index contributed by atoms with van der Waals surface area (Å²) in [6, 6.07) is 4.02. The van der Waals surface area contributed by atoms with Crippen molar-refractivity contribution in [2.45, 2.75) is 25.9 Å². The number of anilines is 1. The molecule has 7 heteroatoms. The first-order valence-electron chi connectivity index (χ1n) is 8.94. The van der Waals surface area contributed by atoms with Crippen LogP contribution in [0, 0.1) is 12.8 Å². The van der Waals surface area contributed by atoms with E-state index in [-0.39, 0.29) is 6.10 Å². The lowest BCUT2D eigenvalue weighted by Crippen LogP contribution is -2.29. The number of ether oxygens (including phenoxy) is 1.